The summed E-state index contributed by atoms with van der Waals surface area (Å²) in [6.07, 6.45) is 0. The fourth-order valence-corrected chi connectivity index (χ4v) is 3.02. The van der Waals surface area contributed by atoms with Crippen LogP contribution in [-0.2, 0) is 10.8 Å². The van der Waals surface area contributed by atoms with E-state index in [0.717, 1.165) is 11.1 Å². The average molecular weight is 316 g/mol. The molecule has 0 aliphatic carbocycles. The van der Waals surface area contributed by atoms with E-state index in [4.69, 9.17) is 0 Å². The summed E-state index contributed by atoms with van der Waals surface area (Å²) >= 11 is 0. The van der Waals surface area contributed by atoms with Crippen molar-refractivity contribution in [1.29, 1.82) is 0 Å². The third-order valence-corrected chi connectivity index (χ3v) is 4.31. The van der Waals surface area contributed by atoms with Gasteiger partial charge in [-0.2, -0.15) is 0 Å². The molecule has 2 aromatic carbocycles. The summed E-state index contributed by atoms with van der Waals surface area (Å²) in [5.74, 6) is 12.8. The van der Waals surface area contributed by atoms with Crippen LogP contribution in [0, 0.1) is 23.7 Å². The standard InChI is InChI=1S/C24H28/c1-9-11-17-13-14-21(24(6,7)8)22-18(12-10-2)15-19(16-20(17)22)23(3,4)5/h13-16H,1-8H3. The lowest BCUT2D eigenvalue weighted by Gasteiger charge is -2.25. The Morgan fingerprint density at radius 2 is 1.29 bits per heavy atom. The van der Waals surface area contributed by atoms with Gasteiger partial charge in [-0.1, -0.05) is 59.4 Å². The van der Waals surface area contributed by atoms with Crippen LogP contribution in [0.2, 0.25) is 0 Å². The summed E-state index contributed by atoms with van der Waals surface area (Å²) in [5, 5.41) is 2.48. The van der Waals surface area contributed by atoms with Gasteiger partial charge in [0.25, 0.3) is 0 Å². The molecule has 0 saturated carbocycles. The molecule has 0 atom stereocenters. The highest BCUT2D eigenvalue weighted by atomic mass is 14.3. The maximum atomic E-state index is 3.35. The average Bonchev–Trinajstić information content (AvgIpc) is 2.46. The molecule has 0 bridgehead atoms. The third-order valence-electron chi connectivity index (χ3n) is 4.31. The molecule has 24 heavy (non-hydrogen) atoms. The second-order valence-electron chi connectivity index (χ2n) is 8.36. The Hall–Kier alpha value is -2.18. The van der Waals surface area contributed by atoms with Gasteiger partial charge < -0.3 is 0 Å². The second-order valence-corrected chi connectivity index (χ2v) is 8.36. The van der Waals surface area contributed by atoms with Crippen LogP contribution < -0.4 is 0 Å². The number of fused-ring (bicyclic) bond motifs is 1. The predicted molar refractivity (Wildman–Crippen MR) is 106 cm³/mol. The molecule has 0 aliphatic rings. The van der Waals surface area contributed by atoms with Crippen LogP contribution in [0.25, 0.3) is 10.8 Å². The molecule has 124 valence electrons. The molecule has 2 rings (SSSR count). The zero-order valence-electron chi connectivity index (χ0n) is 16.3. The normalized spacial score (nSPS) is 11.5. The quantitative estimate of drug-likeness (QED) is 0.509. The van der Waals surface area contributed by atoms with E-state index in [1.54, 1.807) is 0 Å². The highest BCUT2D eigenvalue weighted by Gasteiger charge is 2.22. The molecular formula is C24H28. The number of rotatable bonds is 0. The summed E-state index contributed by atoms with van der Waals surface area (Å²) < 4.78 is 0. The number of benzene rings is 2. The molecule has 0 heteroatoms. The topological polar surface area (TPSA) is 0 Å². The Kier molecular flexibility index (Phi) is 4.82. The Labute approximate surface area is 147 Å². The highest BCUT2D eigenvalue weighted by molar-refractivity contribution is 5.96. The van der Waals surface area contributed by atoms with Gasteiger partial charge in [-0.3, -0.25) is 0 Å². The number of hydrogen-bond donors (Lipinski definition) is 0. The third kappa shape index (κ3) is 3.49. The lowest BCUT2D eigenvalue weighted by atomic mass is 9.78. The van der Waals surface area contributed by atoms with E-state index in [0.29, 0.717) is 0 Å². The molecule has 0 heterocycles. The molecule has 0 radical (unpaired) electrons. The summed E-state index contributed by atoms with van der Waals surface area (Å²) in [6, 6.07) is 8.96. The molecule has 0 amide bonds. The van der Waals surface area contributed by atoms with Gasteiger partial charge in [0.1, 0.15) is 0 Å². The fraction of sp³-hybridized carbons (Fsp3) is 0.417. The molecule has 0 aliphatic heterocycles. The Morgan fingerprint density at radius 1 is 0.708 bits per heavy atom. The van der Waals surface area contributed by atoms with Gasteiger partial charge >= 0.3 is 0 Å². The molecular weight excluding hydrogens is 288 g/mol. The van der Waals surface area contributed by atoms with Gasteiger partial charge in [0, 0.05) is 16.5 Å². The molecule has 0 saturated heterocycles. The predicted octanol–water partition coefficient (Wildman–Crippen LogP) is 6.18. The van der Waals surface area contributed by atoms with E-state index < -0.39 is 0 Å². The molecule has 2 aromatic rings. The first-order valence-corrected chi connectivity index (χ1v) is 8.57. The number of hydrogen-bond acceptors (Lipinski definition) is 0. The van der Waals surface area contributed by atoms with Gasteiger partial charge in [-0.15, -0.1) is 11.8 Å². The molecule has 0 spiro atoms. The van der Waals surface area contributed by atoms with E-state index in [-0.39, 0.29) is 10.8 Å². The van der Waals surface area contributed by atoms with Gasteiger partial charge in [0.15, 0.2) is 0 Å². The van der Waals surface area contributed by atoms with E-state index in [2.05, 4.69) is 89.5 Å². The lowest BCUT2D eigenvalue weighted by molar-refractivity contribution is 0.589. The van der Waals surface area contributed by atoms with Crippen LogP contribution in [0.3, 0.4) is 0 Å². The van der Waals surface area contributed by atoms with Crippen molar-refractivity contribution in [2.24, 2.45) is 0 Å². The lowest BCUT2D eigenvalue weighted by Crippen LogP contribution is -2.15. The van der Waals surface area contributed by atoms with Crippen LogP contribution in [0.5, 0.6) is 0 Å². The van der Waals surface area contributed by atoms with Gasteiger partial charge in [-0.05, 0) is 59.4 Å². The molecule has 0 fully saturated rings. The molecule has 0 aromatic heterocycles. The maximum Gasteiger partial charge on any atom is 0.0329 e. The maximum absolute atomic E-state index is 3.35. The smallest absolute Gasteiger partial charge is 0.0329 e. The van der Waals surface area contributed by atoms with Crippen molar-refractivity contribution in [3.63, 3.8) is 0 Å². The molecule has 0 N–H and O–H groups in total. The van der Waals surface area contributed by atoms with Crippen LogP contribution in [0.15, 0.2) is 24.3 Å². The summed E-state index contributed by atoms with van der Waals surface area (Å²) in [7, 11) is 0. The monoisotopic (exact) mass is 316 g/mol. The Bertz CT molecular complexity index is 889. The van der Waals surface area contributed by atoms with E-state index >= 15 is 0 Å². The molecule has 0 unspecified atom stereocenters. The first kappa shape index (κ1) is 18.2. The van der Waals surface area contributed by atoms with Crippen LogP contribution in [-0.4, -0.2) is 0 Å². The van der Waals surface area contributed by atoms with Crippen molar-refractivity contribution in [2.75, 3.05) is 0 Å². The fourth-order valence-electron chi connectivity index (χ4n) is 3.02. The van der Waals surface area contributed by atoms with Crippen LogP contribution in [0.4, 0.5) is 0 Å². The van der Waals surface area contributed by atoms with Crippen molar-refractivity contribution in [1.82, 2.24) is 0 Å². The van der Waals surface area contributed by atoms with Crippen LogP contribution >= 0.6 is 0 Å². The summed E-state index contributed by atoms with van der Waals surface area (Å²) in [6.45, 7) is 17.3. The zero-order valence-corrected chi connectivity index (χ0v) is 16.3. The van der Waals surface area contributed by atoms with Gasteiger partial charge in [0.2, 0.25) is 0 Å². The summed E-state index contributed by atoms with van der Waals surface area (Å²) in [4.78, 5) is 0. The van der Waals surface area contributed by atoms with E-state index in [1.165, 1.54) is 21.9 Å². The van der Waals surface area contributed by atoms with Crippen molar-refractivity contribution in [3.05, 3.63) is 46.5 Å². The minimum Gasteiger partial charge on any atom is -0.101 e. The highest BCUT2D eigenvalue weighted by Crippen LogP contribution is 2.37. The van der Waals surface area contributed by atoms with Crippen LogP contribution in [0.1, 0.15) is 77.6 Å². The van der Waals surface area contributed by atoms with E-state index in [1.807, 2.05) is 13.8 Å². The van der Waals surface area contributed by atoms with Gasteiger partial charge in [-0.25, -0.2) is 0 Å². The molecule has 0 nitrogen and oxygen atoms in total. The van der Waals surface area contributed by atoms with Gasteiger partial charge in [0.05, 0.1) is 0 Å². The first-order chi connectivity index (χ1) is 11.1. The minimum absolute atomic E-state index is 0.0594. The Balaban J connectivity index is 3.08. The van der Waals surface area contributed by atoms with Crippen molar-refractivity contribution in [3.8, 4) is 23.7 Å². The SMILES string of the molecule is CC#Cc1ccc(C(C)(C)C)c2c(C#CC)cc(C(C)(C)C)cc12. The Morgan fingerprint density at radius 3 is 1.79 bits per heavy atom. The van der Waals surface area contributed by atoms with Crippen molar-refractivity contribution < 1.29 is 0 Å². The van der Waals surface area contributed by atoms with E-state index in [9.17, 15) is 0 Å². The summed E-state index contributed by atoms with van der Waals surface area (Å²) in [5.41, 5.74) is 4.97. The van der Waals surface area contributed by atoms with Crippen molar-refractivity contribution in [2.45, 2.75) is 66.2 Å². The first-order valence-electron chi connectivity index (χ1n) is 8.57. The zero-order chi connectivity index (χ0) is 18.1. The minimum atomic E-state index is 0.0594. The largest absolute Gasteiger partial charge is 0.101 e. The second kappa shape index (κ2) is 6.37. The van der Waals surface area contributed by atoms with Crippen molar-refractivity contribution >= 4 is 10.8 Å².